The smallest absolute Gasteiger partial charge is 0.250 e. The lowest BCUT2D eigenvalue weighted by molar-refractivity contribution is -0.0412. The molecule has 0 bridgehead atoms. The van der Waals surface area contributed by atoms with Crippen LogP contribution in [0.3, 0.4) is 0 Å². The van der Waals surface area contributed by atoms with E-state index in [1.54, 1.807) is 24.4 Å². The lowest BCUT2D eigenvalue weighted by Crippen LogP contribution is -2.42. The number of aryl methyl sites for hydroxylation is 2. The van der Waals surface area contributed by atoms with Crippen molar-refractivity contribution in [2.75, 3.05) is 13.1 Å². The highest BCUT2D eigenvalue weighted by atomic mass is 32.2. The first-order chi connectivity index (χ1) is 13.2. The van der Waals surface area contributed by atoms with E-state index in [0.717, 1.165) is 37.5 Å². The van der Waals surface area contributed by atoms with E-state index < -0.39 is 28.8 Å². The average Bonchev–Trinajstić information content (AvgIpc) is 3.12. The maximum atomic E-state index is 13.4. The van der Waals surface area contributed by atoms with Crippen LogP contribution in [0.25, 0.3) is 22.0 Å². The molecule has 0 atom stereocenters. The Kier molecular flexibility index (Phi) is 4.50. The molecular weight excluding hydrogens is 384 g/mol. The van der Waals surface area contributed by atoms with Gasteiger partial charge in [0.25, 0.3) is 5.92 Å². The molecule has 8 heteroatoms. The lowest BCUT2D eigenvalue weighted by atomic mass is 9.95. The van der Waals surface area contributed by atoms with Crippen LogP contribution in [0.4, 0.5) is 8.78 Å². The zero-order valence-corrected chi connectivity index (χ0v) is 16.5. The molecule has 3 aromatic rings. The molecule has 0 unspecified atom stereocenters. The van der Waals surface area contributed by atoms with Crippen LogP contribution < -0.4 is 0 Å². The Morgan fingerprint density at radius 2 is 1.75 bits per heavy atom. The molecule has 1 fully saturated rings. The van der Waals surface area contributed by atoms with Gasteiger partial charge in [-0.2, -0.15) is 9.40 Å². The third-order valence-electron chi connectivity index (χ3n) is 5.47. The van der Waals surface area contributed by atoms with Crippen molar-refractivity contribution in [1.82, 2.24) is 14.5 Å². The fourth-order valence-corrected chi connectivity index (χ4v) is 5.28. The Labute approximate surface area is 162 Å². The summed E-state index contributed by atoms with van der Waals surface area (Å²) in [6.45, 7) is 3.54. The fraction of sp³-hybridized carbons (Fsp3) is 0.350. The molecule has 1 saturated heterocycles. The molecule has 0 amide bonds. The van der Waals surface area contributed by atoms with E-state index in [1.807, 2.05) is 26.0 Å². The normalized spacial score (nSPS) is 17.9. The van der Waals surface area contributed by atoms with Crippen molar-refractivity contribution in [2.45, 2.75) is 37.5 Å². The van der Waals surface area contributed by atoms with E-state index in [0.29, 0.717) is 0 Å². The molecular formula is C20H21F2N3O2S. The van der Waals surface area contributed by atoms with Crippen LogP contribution in [0.1, 0.15) is 24.0 Å². The average molecular weight is 405 g/mol. The highest BCUT2D eigenvalue weighted by Gasteiger charge is 2.38. The first-order valence-corrected chi connectivity index (χ1v) is 10.5. The summed E-state index contributed by atoms with van der Waals surface area (Å²) in [7, 11) is -3.78. The van der Waals surface area contributed by atoms with Gasteiger partial charge in [-0.1, -0.05) is 12.1 Å². The van der Waals surface area contributed by atoms with Gasteiger partial charge in [-0.25, -0.2) is 17.2 Å². The number of piperidine rings is 1. The van der Waals surface area contributed by atoms with Gasteiger partial charge in [0.15, 0.2) is 0 Å². The largest absolute Gasteiger partial charge is 0.278 e. The standard InChI is InChI=1S/C20H21F2N3O2S/c1-13-11-15(28(26,27)25-9-7-20(21,22)8-10-25)3-4-16(13)17-5-6-19-18(14(17)2)12-23-24-19/h3-6,11-12H,7-10H2,1-2H3,(H,23,24). The second kappa shape index (κ2) is 6.63. The quantitative estimate of drug-likeness (QED) is 0.708. The second-order valence-electron chi connectivity index (χ2n) is 7.31. The van der Waals surface area contributed by atoms with E-state index in [-0.39, 0.29) is 18.0 Å². The number of hydrogen-bond acceptors (Lipinski definition) is 3. The van der Waals surface area contributed by atoms with Crippen LogP contribution in [-0.2, 0) is 10.0 Å². The van der Waals surface area contributed by atoms with E-state index in [1.165, 1.54) is 0 Å². The highest BCUT2D eigenvalue weighted by molar-refractivity contribution is 7.89. The number of alkyl halides is 2. The molecule has 0 radical (unpaired) electrons. The first kappa shape index (κ1) is 19.0. The third-order valence-corrected chi connectivity index (χ3v) is 7.37. The molecule has 0 saturated carbocycles. The predicted octanol–water partition coefficient (Wildman–Crippen LogP) is 4.27. The summed E-state index contributed by atoms with van der Waals surface area (Å²) in [6, 6.07) is 8.90. The Bertz CT molecular complexity index is 1150. The number of sulfonamides is 1. The molecule has 4 rings (SSSR count). The molecule has 28 heavy (non-hydrogen) atoms. The van der Waals surface area contributed by atoms with Crippen LogP contribution in [0, 0.1) is 13.8 Å². The monoisotopic (exact) mass is 405 g/mol. The molecule has 1 aromatic heterocycles. The lowest BCUT2D eigenvalue weighted by Gasteiger charge is -2.31. The first-order valence-electron chi connectivity index (χ1n) is 9.11. The zero-order chi connectivity index (χ0) is 20.1. The van der Waals surface area contributed by atoms with Crippen LogP contribution >= 0.6 is 0 Å². The summed E-state index contributed by atoms with van der Waals surface area (Å²) in [5.41, 5.74) is 4.76. The number of aromatic amines is 1. The van der Waals surface area contributed by atoms with Gasteiger partial charge in [0, 0.05) is 31.3 Å². The van der Waals surface area contributed by atoms with E-state index in [9.17, 15) is 17.2 Å². The predicted molar refractivity (Wildman–Crippen MR) is 104 cm³/mol. The number of nitrogens with one attached hydrogen (secondary N) is 1. The molecule has 0 aliphatic carbocycles. The molecule has 5 nitrogen and oxygen atoms in total. The third kappa shape index (κ3) is 3.20. The van der Waals surface area contributed by atoms with Crippen molar-refractivity contribution in [3.05, 3.63) is 47.7 Å². The van der Waals surface area contributed by atoms with Gasteiger partial charge in [0.05, 0.1) is 16.6 Å². The van der Waals surface area contributed by atoms with E-state index in [2.05, 4.69) is 10.2 Å². The Hall–Kier alpha value is -2.32. The van der Waals surface area contributed by atoms with Crippen LogP contribution in [0.15, 0.2) is 41.4 Å². The summed E-state index contributed by atoms with van der Waals surface area (Å²) in [4.78, 5) is 0.140. The zero-order valence-electron chi connectivity index (χ0n) is 15.7. The summed E-state index contributed by atoms with van der Waals surface area (Å²) < 4.78 is 53.6. The molecule has 1 N–H and O–H groups in total. The minimum absolute atomic E-state index is 0.140. The van der Waals surface area contributed by atoms with Gasteiger partial charge in [-0.3, -0.25) is 5.10 Å². The van der Waals surface area contributed by atoms with E-state index in [4.69, 9.17) is 0 Å². The topological polar surface area (TPSA) is 66.1 Å². The second-order valence-corrected chi connectivity index (χ2v) is 9.24. The van der Waals surface area contributed by atoms with Crippen molar-refractivity contribution in [3.8, 4) is 11.1 Å². The van der Waals surface area contributed by atoms with Gasteiger partial charge >= 0.3 is 0 Å². The summed E-state index contributed by atoms with van der Waals surface area (Å²) >= 11 is 0. The van der Waals surface area contributed by atoms with Gasteiger partial charge in [-0.05, 0) is 54.3 Å². The van der Waals surface area contributed by atoms with Crippen LogP contribution in [0.5, 0.6) is 0 Å². The number of aromatic nitrogens is 2. The van der Waals surface area contributed by atoms with Crippen molar-refractivity contribution in [1.29, 1.82) is 0 Å². The number of hydrogen-bond donors (Lipinski definition) is 1. The minimum atomic E-state index is -3.78. The Balaban J connectivity index is 1.68. The number of benzene rings is 2. The fourth-order valence-electron chi connectivity index (χ4n) is 3.75. The highest BCUT2D eigenvalue weighted by Crippen LogP contribution is 2.34. The molecule has 1 aliphatic heterocycles. The maximum absolute atomic E-state index is 13.4. The number of H-pyrrole nitrogens is 1. The van der Waals surface area contributed by atoms with Gasteiger partial charge < -0.3 is 0 Å². The summed E-state index contributed by atoms with van der Waals surface area (Å²) in [5, 5.41) is 8.02. The molecule has 1 aliphatic rings. The Morgan fingerprint density at radius 3 is 2.43 bits per heavy atom. The molecule has 2 aromatic carbocycles. The van der Waals surface area contributed by atoms with Gasteiger partial charge in [-0.15, -0.1) is 0 Å². The number of rotatable bonds is 3. The van der Waals surface area contributed by atoms with Crippen molar-refractivity contribution in [2.24, 2.45) is 0 Å². The molecule has 2 heterocycles. The number of fused-ring (bicyclic) bond motifs is 1. The Morgan fingerprint density at radius 1 is 1.07 bits per heavy atom. The summed E-state index contributed by atoms with van der Waals surface area (Å²) in [5.74, 6) is -2.78. The number of nitrogens with zero attached hydrogens (tertiary/aromatic N) is 2. The van der Waals surface area contributed by atoms with Crippen LogP contribution in [0.2, 0.25) is 0 Å². The van der Waals surface area contributed by atoms with Crippen LogP contribution in [-0.4, -0.2) is 41.9 Å². The minimum Gasteiger partial charge on any atom is -0.278 e. The number of halogens is 2. The maximum Gasteiger partial charge on any atom is 0.250 e. The van der Waals surface area contributed by atoms with Gasteiger partial charge in [0.2, 0.25) is 10.0 Å². The molecule has 0 spiro atoms. The van der Waals surface area contributed by atoms with Crippen molar-refractivity contribution in [3.63, 3.8) is 0 Å². The van der Waals surface area contributed by atoms with E-state index >= 15 is 0 Å². The SMILES string of the molecule is Cc1cc(S(=O)(=O)N2CCC(F)(F)CC2)ccc1-c1ccc2[nH]ncc2c1C. The van der Waals surface area contributed by atoms with Gasteiger partial charge in [0.1, 0.15) is 0 Å². The van der Waals surface area contributed by atoms with Crippen molar-refractivity contribution >= 4 is 20.9 Å². The summed E-state index contributed by atoms with van der Waals surface area (Å²) in [6.07, 6.45) is 0.898. The van der Waals surface area contributed by atoms with Crippen molar-refractivity contribution < 1.29 is 17.2 Å². The molecule has 148 valence electrons.